The summed E-state index contributed by atoms with van der Waals surface area (Å²) in [5.41, 5.74) is 1.04. The van der Waals surface area contributed by atoms with Gasteiger partial charge in [0.05, 0.1) is 5.02 Å². The lowest BCUT2D eigenvalue weighted by atomic mass is 10.1. The molecule has 0 aliphatic carbocycles. The number of fused-ring (bicyclic) bond motifs is 2. The summed E-state index contributed by atoms with van der Waals surface area (Å²) in [5, 5.41) is 5.85. The van der Waals surface area contributed by atoms with Crippen LogP contribution in [0, 0.1) is 0 Å². The number of carbonyl (C=O) groups excluding carboxylic acids is 1. The Morgan fingerprint density at radius 1 is 1.19 bits per heavy atom. The van der Waals surface area contributed by atoms with Crippen molar-refractivity contribution in [3.8, 4) is 0 Å². The molecule has 4 aromatic rings. The van der Waals surface area contributed by atoms with Gasteiger partial charge in [-0.2, -0.15) is 0 Å². The molecule has 1 aromatic carbocycles. The first-order chi connectivity index (χ1) is 14.7. The Labute approximate surface area is 188 Å². The number of aromatic nitrogens is 5. The van der Waals surface area contributed by atoms with Crippen LogP contribution in [0.4, 0.5) is 10.6 Å². The minimum Gasteiger partial charge on any atom is -0.443 e. The Balaban J connectivity index is 1.51. The third-order valence-electron chi connectivity index (χ3n) is 4.41. The number of hydrogen-bond donors (Lipinski definition) is 1. The van der Waals surface area contributed by atoms with E-state index in [0.717, 1.165) is 16.5 Å². The summed E-state index contributed by atoms with van der Waals surface area (Å²) in [4.78, 5) is 29.6. The van der Waals surface area contributed by atoms with E-state index in [2.05, 4.69) is 25.3 Å². The number of hydrogen-bond acceptors (Lipinski definition) is 7. The van der Waals surface area contributed by atoms with Crippen molar-refractivity contribution < 1.29 is 9.53 Å². The van der Waals surface area contributed by atoms with Crippen LogP contribution in [0.15, 0.2) is 36.9 Å². The first kappa shape index (κ1) is 21.3. The van der Waals surface area contributed by atoms with E-state index in [1.54, 1.807) is 26.8 Å². The van der Waals surface area contributed by atoms with Crippen LogP contribution in [-0.2, 0) is 11.2 Å². The lowest BCUT2D eigenvalue weighted by Crippen LogP contribution is -2.26. The standard InChI is InChI=1S/C21H20Cl2N6O2/c1-21(2,3)31-20(30)29-11-27-16-18(25-10-26-19(16)29)24-8-7-13-9-12-5-4-6-14(22)15(12)17(23)28-13/h4-6,9-11H,7-8H2,1-3H3,(H,24,25,26). The molecule has 0 spiro atoms. The molecule has 4 rings (SSSR count). The Morgan fingerprint density at radius 3 is 2.77 bits per heavy atom. The SMILES string of the molecule is CC(C)(C)OC(=O)n1cnc2c(NCCc3cc4cccc(Cl)c4c(Cl)n3)ncnc21. The highest BCUT2D eigenvalue weighted by Crippen LogP contribution is 2.29. The third-order valence-corrected chi connectivity index (χ3v) is 5.00. The molecule has 3 heterocycles. The summed E-state index contributed by atoms with van der Waals surface area (Å²) in [6, 6.07) is 7.57. The first-order valence-electron chi connectivity index (χ1n) is 9.62. The summed E-state index contributed by atoms with van der Waals surface area (Å²) in [6.07, 6.45) is 2.81. The zero-order valence-corrected chi connectivity index (χ0v) is 18.7. The van der Waals surface area contributed by atoms with Gasteiger partial charge in [0.1, 0.15) is 23.4 Å². The molecule has 0 bridgehead atoms. The molecule has 0 aliphatic heterocycles. The van der Waals surface area contributed by atoms with Gasteiger partial charge in [-0.25, -0.2) is 29.3 Å². The van der Waals surface area contributed by atoms with E-state index in [4.69, 9.17) is 27.9 Å². The van der Waals surface area contributed by atoms with E-state index in [1.807, 2.05) is 18.2 Å². The molecule has 160 valence electrons. The van der Waals surface area contributed by atoms with E-state index in [-0.39, 0.29) is 0 Å². The second kappa shape index (κ2) is 8.28. The number of rotatable bonds is 4. The maximum absolute atomic E-state index is 12.4. The summed E-state index contributed by atoms with van der Waals surface area (Å²) in [5.74, 6) is 0.516. The fraction of sp³-hybridized carbons (Fsp3) is 0.286. The van der Waals surface area contributed by atoms with Crippen molar-refractivity contribution in [3.63, 3.8) is 0 Å². The normalized spacial score (nSPS) is 11.8. The molecule has 0 aliphatic rings. The van der Waals surface area contributed by atoms with Crippen molar-refractivity contribution in [1.82, 2.24) is 24.5 Å². The highest BCUT2D eigenvalue weighted by molar-refractivity contribution is 6.41. The van der Waals surface area contributed by atoms with Crippen LogP contribution in [0.2, 0.25) is 10.2 Å². The largest absolute Gasteiger partial charge is 0.443 e. The first-order valence-corrected chi connectivity index (χ1v) is 10.4. The predicted octanol–water partition coefficient (Wildman–Crippen LogP) is 5.12. The number of imidazole rings is 1. The Kier molecular flexibility index (Phi) is 5.68. The zero-order valence-electron chi connectivity index (χ0n) is 17.2. The summed E-state index contributed by atoms with van der Waals surface area (Å²) in [6.45, 7) is 5.92. The van der Waals surface area contributed by atoms with Crippen LogP contribution in [0.25, 0.3) is 21.9 Å². The number of ether oxygens (including phenoxy) is 1. The van der Waals surface area contributed by atoms with Gasteiger partial charge in [0.15, 0.2) is 17.0 Å². The number of nitrogens with one attached hydrogen (secondary N) is 1. The van der Waals surface area contributed by atoms with Gasteiger partial charge in [0.25, 0.3) is 0 Å². The van der Waals surface area contributed by atoms with Gasteiger partial charge in [0.2, 0.25) is 0 Å². The van der Waals surface area contributed by atoms with Gasteiger partial charge in [-0.1, -0.05) is 35.3 Å². The number of anilines is 1. The van der Waals surface area contributed by atoms with Crippen molar-refractivity contribution in [2.45, 2.75) is 32.8 Å². The fourth-order valence-corrected chi connectivity index (χ4v) is 3.76. The molecule has 0 unspecified atom stereocenters. The van der Waals surface area contributed by atoms with Crippen LogP contribution in [0.1, 0.15) is 26.5 Å². The Morgan fingerprint density at radius 2 is 2.00 bits per heavy atom. The molecule has 0 atom stereocenters. The number of nitrogens with zero attached hydrogens (tertiary/aromatic N) is 5. The van der Waals surface area contributed by atoms with Crippen LogP contribution in [0.3, 0.4) is 0 Å². The van der Waals surface area contributed by atoms with Gasteiger partial charge in [0, 0.05) is 24.0 Å². The molecule has 0 fully saturated rings. The van der Waals surface area contributed by atoms with Gasteiger partial charge in [-0.15, -0.1) is 0 Å². The lowest BCUT2D eigenvalue weighted by Gasteiger charge is -2.19. The van der Waals surface area contributed by atoms with E-state index in [0.29, 0.717) is 40.1 Å². The number of pyridine rings is 1. The zero-order chi connectivity index (χ0) is 22.2. The van der Waals surface area contributed by atoms with E-state index in [9.17, 15) is 4.79 Å². The van der Waals surface area contributed by atoms with E-state index < -0.39 is 11.7 Å². The highest BCUT2D eigenvalue weighted by Gasteiger charge is 2.21. The van der Waals surface area contributed by atoms with Crippen molar-refractivity contribution in [2.75, 3.05) is 11.9 Å². The maximum atomic E-state index is 12.4. The third kappa shape index (κ3) is 4.55. The van der Waals surface area contributed by atoms with Gasteiger partial charge in [-0.3, -0.25) is 0 Å². The van der Waals surface area contributed by atoms with Gasteiger partial charge < -0.3 is 10.1 Å². The Bertz CT molecular complexity index is 1280. The van der Waals surface area contributed by atoms with Crippen molar-refractivity contribution in [1.29, 1.82) is 0 Å². The quantitative estimate of drug-likeness (QED) is 0.424. The average molecular weight is 459 g/mol. The monoisotopic (exact) mass is 458 g/mol. The molecule has 0 radical (unpaired) electrons. The van der Waals surface area contributed by atoms with Crippen LogP contribution < -0.4 is 5.32 Å². The maximum Gasteiger partial charge on any atom is 0.421 e. The molecule has 31 heavy (non-hydrogen) atoms. The molecule has 0 saturated carbocycles. The summed E-state index contributed by atoms with van der Waals surface area (Å²) < 4.78 is 6.66. The number of carbonyl (C=O) groups is 1. The van der Waals surface area contributed by atoms with Crippen LogP contribution in [-0.4, -0.2) is 42.7 Å². The molecule has 8 nitrogen and oxygen atoms in total. The van der Waals surface area contributed by atoms with Crippen molar-refractivity contribution in [2.24, 2.45) is 0 Å². The van der Waals surface area contributed by atoms with Crippen LogP contribution in [0.5, 0.6) is 0 Å². The molecular formula is C21H20Cl2N6O2. The van der Waals surface area contributed by atoms with Crippen molar-refractivity contribution >= 4 is 57.0 Å². The minimum atomic E-state index is -0.625. The molecule has 0 saturated heterocycles. The molecule has 10 heteroatoms. The van der Waals surface area contributed by atoms with Crippen molar-refractivity contribution in [3.05, 3.63) is 52.8 Å². The topological polar surface area (TPSA) is 94.8 Å². The average Bonchev–Trinajstić information content (AvgIpc) is 3.12. The molecular weight excluding hydrogens is 439 g/mol. The summed E-state index contributed by atoms with van der Waals surface area (Å²) in [7, 11) is 0. The Hall–Kier alpha value is -2.97. The fourth-order valence-electron chi connectivity index (χ4n) is 3.12. The van der Waals surface area contributed by atoms with Gasteiger partial charge in [-0.05, 0) is 38.3 Å². The molecule has 3 aromatic heterocycles. The molecule has 1 N–H and O–H groups in total. The lowest BCUT2D eigenvalue weighted by molar-refractivity contribution is 0.0542. The van der Waals surface area contributed by atoms with E-state index >= 15 is 0 Å². The minimum absolute atomic E-state index is 0.369. The van der Waals surface area contributed by atoms with Crippen LogP contribution >= 0.6 is 23.2 Å². The predicted molar refractivity (Wildman–Crippen MR) is 121 cm³/mol. The number of benzene rings is 1. The second-order valence-corrected chi connectivity index (χ2v) is 8.67. The van der Waals surface area contributed by atoms with E-state index in [1.165, 1.54) is 17.2 Å². The summed E-state index contributed by atoms with van der Waals surface area (Å²) >= 11 is 12.5. The smallest absolute Gasteiger partial charge is 0.421 e. The van der Waals surface area contributed by atoms with Gasteiger partial charge >= 0.3 is 6.09 Å². The second-order valence-electron chi connectivity index (χ2n) is 7.91. The molecule has 0 amide bonds. The highest BCUT2D eigenvalue weighted by atomic mass is 35.5. The number of halogens is 2.